The van der Waals surface area contributed by atoms with Crippen LogP contribution in [0.5, 0.6) is 0 Å². The minimum Gasteiger partial charge on any atom is -0.343 e. The first-order valence-corrected chi connectivity index (χ1v) is 1.78. The predicted octanol–water partition coefficient (Wildman–Crippen LogP) is 0.0369. The van der Waals surface area contributed by atoms with E-state index in [1.807, 2.05) is 0 Å². The molecule has 8 heavy (non-hydrogen) atoms. The minimum absolute atomic E-state index is 0.139. The van der Waals surface area contributed by atoms with E-state index in [0.29, 0.717) is 0 Å². The first kappa shape index (κ1) is 4.67. The molecule has 0 atom stereocenters. The lowest BCUT2D eigenvalue weighted by Gasteiger charge is -1.62. The van der Waals surface area contributed by atoms with Gasteiger partial charge in [-0.25, -0.2) is 4.79 Å². The fourth-order valence-electron chi connectivity index (χ4n) is 0.255. The maximum absolute atomic E-state index is 9.47. The molecule has 5 nitrogen and oxygen atoms in total. The highest BCUT2D eigenvalue weighted by atomic mass is 16.5. The van der Waals surface area contributed by atoms with Crippen molar-refractivity contribution in [2.75, 3.05) is 0 Å². The maximum atomic E-state index is 9.47. The summed E-state index contributed by atoms with van der Waals surface area (Å²) in [6.45, 7) is 0. The second kappa shape index (κ2) is 1.99. The second-order valence-electron chi connectivity index (χ2n) is 0.966. The van der Waals surface area contributed by atoms with E-state index in [1.54, 1.807) is 0 Å². The molecule has 5 heteroatoms. The van der Waals surface area contributed by atoms with Crippen LogP contribution in [0.25, 0.3) is 0 Å². The quantitative estimate of drug-likeness (QED) is 0.379. The lowest BCUT2D eigenvalue weighted by atomic mass is 10.8. The van der Waals surface area contributed by atoms with Gasteiger partial charge in [0.1, 0.15) is 0 Å². The van der Waals surface area contributed by atoms with Gasteiger partial charge in [-0.2, -0.15) is 0 Å². The van der Waals surface area contributed by atoms with Crippen molar-refractivity contribution in [2.24, 2.45) is 4.99 Å². The minimum atomic E-state index is 0.139. The van der Waals surface area contributed by atoms with Crippen LogP contribution < -0.4 is 0 Å². The average Bonchev–Trinajstić information content (AvgIpc) is 2.19. The van der Waals surface area contributed by atoms with E-state index in [9.17, 15) is 4.79 Å². The van der Waals surface area contributed by atoms with E-state index >= 15 is 0 Å². The molecule has 0 aliphatic rings. The number of carbonyl (C=O) groups excluding carboxylic acids is 1. The van der Waals surface area contributed by atoms with E-state index in [-0.39, 0.29) is 5.82 Å². The van der Waals surface area contributed by atoms with Crippen molar-refractivity contribution in [2.45, 2.75) is 0 Å². The van der Waals surface area contributed by atoms with Crippen LogP contribution in [-0.4, -0.2) is 16.4 Å². The number of rotatable bonds is 1. The van der Waals surface area contributed by atoms with Crippen molar-refractivity contribution in [3.05, 3.63) is 6.26 Å². The largest absolute Gasteiger partial charge is 0.343 e. The Balaban J connectivity index is 2.93. The Morgan fingerprint density at radius 3 is 3.25 bits per heavy atom. The van der Waals surface area contributed by atoms with Gasteiger partial charge in [-0.15, -0.1) is 4.99 Å². The molecule has 0 aliphatic carbocycles. The van der Waals surface area contributed by atoms with Crippen molar-refractivity contribution in [3.8, 4) is 0 Å². The Labute approximate surface area is 44.0 Å². The summed E-state index contributed by atoms with van der Waals surface area (Å²) in [6.07, 6.45) is 2.43. The van der Waals surface area contributed by atoms with Gasteiger partial charge in [0.15, 0.2) is 6.26 Å². The molecule has 40 valence electrons. The molecular formula is C3HN3O2. The Kier molecular flexibility index (Phi) is 1.16. The van der Waals surface area contributed by atoms with E-state index in [0.717, 1.165) is 6.26 Å². The summed E-state index contributed by atoms with van der Waals surface area (Å²) < 4.78 is 4.23. The summed E-state index contributed by atoms with van der Waals surface area (Å²) in [6, 6.07) is 0. The molecule has 0 aromatic carbocycles. The summed E-state index contributed by atoms with van der Waals surface area (Å²) >= 11 is 0. The molecule has 0 amide bonds. The normalized spacial score (nSPS) is 8.00. The van der Waals surface area contributed by atoms with Crippen LogP contribution in [-0.2, 0) is 4.79 Å². The fourth-order valence-corrected chi connectivity index (χ4v) is 0.255. The SMILES string of the molecule is O=C=Nc1conn1. The van der Waals surface area contributed by atoms with E-state index in [2.05, 4.69) is 19.9 Å². The summed E-state index contributed by atoms with van der Waals surface area (Å²) in [4.78, 5) is 12.6. The average molecular weight is 111 g/mol. The summed E-state index contributed by atoms with van der Waals surface area (Å²) in [5, 5.41) is 6.30. The van der Waals surface area contributed by atoms with Crippen molar-refractivity contribution in [1.29, 1.82) is 0 Å². The third kappa shape index (κ3) is 0.772. The lowest BCUT2D eigenvalue weighted by Crippen LogP contribution is -1.61. The molecule has 0 spiro atoms. The molecule has 0 unspecified atom stereocenters. The van der Waals surface area contributed by atoms with Gasteiger partial charge < -0.3 is 4.52 Å². The molecule has 0 radical (unpaired) electrons. The molecule has 1 rings (SSSR count). The van der Waals surface area contributed by atoms with E-state index in [4.69, 9.17) is 0 Å². The van der Waals surface area contributed by atoms with Crippen LogP contribution in [0.3, 0.4) is 0 Å². The molecule has 0 bridgehead atoms. The van der Waals surface area contributed by atoms with Crippen molar-refractivity contribution in [3.63, 3.8) is 0 Å². The van der Waals surface area contributed by atoms with Crippen LogP contribution in [0.4, 0.5) is 5.82 Å². The zero-order valence-electron chi connectivity index (χ0n) is 3.74. The molecule has 0 saturated carbocycles. The summed E-state index contributed by atoms with van der Waals surface area (Å²) in [5.74, 6) is 0.139. The van der Waals surface area contributed by atoms with Gasteiger partial charge in [0.2, 0.25) is 11.9 Å². The number of aromatic nitrogens is 2. The van der Waals surface area contributed by atoms with Crippen molar-refractivity contribution in [1.82, 2.24) is 10.4 Å². The Morgan fingerprint density at radius 2 is 2.75 bits per heavy atom. The molecule has 1 aromatic heterocycles. The molecule has 1 heterocycles. The number of hydrogen-bond donors (Lipinski definition) is 0. The zero-order chi connectivity index (χ0) is 5.82. The standard InChI is InChI=1S/C3HN3O2/c7-2-4-3-1-8-6-5-3/h1H. The first-order chi connectivity index (χ1) is 3.93. The van der Waals surface area contributed by atoms with Gasteiger partial charge in [0.25, 0.3) is 0 Å². The van der Waals surface area contributed by atoms with Gasteiger partial charge in [-0.1, -0.05) is 5.10 Å². The summed E-state index contributed by atoms with van der Waals surface area (Å²) in [7, 11) is 0. The van der Waals surface area contributed by atoms with Crippen LogP contribution >= 0.6 is 0 Å². The van der Waals surface area contributed by atoms with Crippen LogP contribution in [0, 0.1) is 0 Å². The molecule has 0 N–H and O–H groups in total. The van der Waals surface area contributed by atoms with E-state index in [1.165, 1.54) is 6.08 Å². The van der Waals surface area contributed by atoms with Crippen LogP contribution in [0.1, 0.15) is 0 Å². The van der Waals surface area contributed by atoms with E-state index < -0.39 is 0 Å². The molecular weight excluding hydrogens is 110 g/mol. The number of nitrogens with zero attached hydrogens (tertiary/aromatic N) is 3. The highest BCUT2D eigenvalue weighted by Gasteiger charge is 1.88. The fraction of sp³-hybridized carbons (Fsp3) is 0. The first-order valence-electron chi connectivity index (χ1n) is 1.78. The molecule has 0 aliphatic heterocycles. The van der Waals surface area contributed by atoms with Crippen LogP contribution in [0.15, 0.2) is 15.8 Å². The zero-order valence-corrected chi connectivity index (χ0v) is 3.74. The smallest absolute Gasteiger partial charge is 0.242 e. The monoisotopic (exact) mass is 111 g/mol. The highest BCUT2D eigenvalue weighted by Crippen LogP contribution is 2.00. The Hall–Kier alpha value is -1.48. The predicted molar refractivity (Wildman–Crippen MR) is 22.1 cm³/mol. The van der Waals surface area contributed by atoms with Crippen molar-refractivity contribution >= 4 is 11.9 Å². The number of isocyanates is 1. The van der Waals surface area contributed by atoms with Crippen LogP contribution in [0.2, 0.25) is 0 Å². The number of hydrogen-bond acceptors (Lipinski definition) is 5. The Bertz CT molecular complexity index is 198. The molecule has 0 fully saturated rings. The Morgan fingerprint density at radius 1 is 1.88 bits per heavy atom. The second-order valence-corrected chi connectivity index (χ2v) is 0.966. The van der Waals surface area contributed by atoms with Crippen molar-refractivity contribution < 1.29 is 9.32 Å². The van der Waals surface area contributed by atoms with Gasteiger partial charge in [-0.3, -0.25) is 0 Å². The molecule has 0 saturated heterocycles. The highest BCUT2D eigenvalue weighted by molar-refractivity contribution is 5.41. The molecule has 1 aromatic rings. The lowest BCUT2D eigenvalue weighted by molar-refractivity contribution is 0.393. The summed E-state index contributed by atoms with van der Waals surface area (Å²) in [5.41, 5.74) is 0. The topological polar surface area (TPSA) is 68.3 Å². The van der Waals surface area contributed by atoms with Gasteiger partial charge in [0.05, 0.1) is 0 Å². The third-order valence-electron chi connectivity index (χ3n) is 0.509. The third-order valence-corrected chi connectivity index (χ3v) is 0.509. The van der Waals surface area contributed by atoms with Gasteiger partial charge in [0, 0.05) is 5.27 Å². The number of aliphatic imine (C=N–C) groups is 1. The van der Waals surface area contributed by atoms with Gasteiger partial charge >= 0.3 is 0 Å². The van der Waals surface area contributed by atoms with Gasteiger partial charge in [-0.05, 0) is 0 Å². The maximum Gasteiger partial charge on any atom is 0.242 e.